The third-order valence-electron chi connectivity index (χ3n) is 3.07. The molecule has 0 radical (unpaired) electrons. The number of halogens is 3. The van der Waals surface area contributed by atoms with Crippen LogP contribution in [-0.2, 0) is 6.54 Å². The molecule has 0 N–H and O–H groups in total. The van der Waals surface area contributed by atoms with Gasteiger partial charge in [-0.15, -0.1) is 0 Å². The van der Waals surface area contributed by atoms with E-state index in [0.29, 0.717) is 10.7 Å². The first-order valence-electron chi connectivity index (χ1n) is 6.28. The second kappa shape index (κ2) is 5.69. The molecule has 0 atom stereocenters. The molecule has 3 aromatic rings. The molecular weight excluding hydrogens is 314 g/mol. The van der Waals surface area contributed by atoms with E-state index in [0.717, 1.165) is 15.4 Å². The second-order valence-corrected chi connectivity index (χ2v) is 4.90. The number of aromatic nitrogens is 4. The van der Waals surface area contributed by atoms with Crippen LogP contribution >= 0.6 is 11.6 Å². The molecule has 0 aliphatic rings. The van der Waals surface area contributed by atoms with Gasteiger partial charge in [-0.2, -0.15) is 9.36 Å². The van der Waals surface area contributed by atoms with Gasteiger partial charge in [0.2, 0.25) is 0 Å². The average Bonchev–Trinajstić information content (AvgIpc) is 2.86. The molecule has 0 aliphatic heterocycles. The van der Waals surface area contributed by atoms with Crippen LogP contribution in [0.4, 0.5) is 8.78 Å². The Labute approximate surface area is 128 Å². The summed E-state index contributed by atoms with van der Waals surface area (Å²) >= 11 is 6.00. The molecule has 112 valence electrons. The minimum Gasteiger partial charge on any atom is -0.244 e. The molecule has 0 saturated carbocycles. The Morgan fingerprint density at radius 1 is 1.05 bits per heavy atom. The highest BCUT2D eigenvalue weighted by molar-refractivity contribution is 6.32. The molecule has 1 aromatic heterocycles. The van der Waals surface area contributed by atoms with Crippen LogP contribution in [0.3, 0.4) is 0 Å². The number of benzene rings is 2. The van der Waals surface area contributed by atoms with Crippen molar-refractivity contribution in [1.82, 2.24) is 19.8 Å². The zero-order valence-corrected chi connectivity index (χ0v) is 11.8. The lowest BCUT2D eigenvalue weighted by molar-refractivity contribution is 0.489. The standard InChI is InChI=1S/C14H9ClF2N4O/c15-10-5-1-2-7-12(10)21-14(22)20(18-19-21)8-9-4-3-6-11(16)13(9)17/h1-7H,8H2. The Hall–Kier alpha value is -2.54. The van der Waals surface area contributed by atoms with Crippen molar-refractivity contribution < 1.29 is 8.78 Å². The Kier molecular flexibility index (Phi) is 3.72. The number of para-hydroxylation sites is 1. The van der Waals surface area contributed by atoms with E-state index in [2.05, 4.69) is 10.4 Å². The molecule has 8 heteroatoms. The smallest absolute Gasteiger partial charge is 0.244 e. The van der Waals surface area contributed by atoms with Gasteiger partial charge in [-0.05, 0) is 28.6 Å². The number of nitrogens with zero attached hydrogens (tertiary/aromatic N) is 4. The Morgan fingerprint density at radius 2 is 1.82 bits per heavy atom. The monoisotopic (exact) mass is 322 g/mol. The Morgan fingerprint density at radius 3 is 2.59 bits per heavy atom. The number of tetrazole rings is 1. The molecule has 0 spiro atoms. The first kappa shape index (κ1) is 14.4. The van der Waals surface area contributed by atoms with Crippen molar-refractivity contribution in [3.05, 3.63) is 75.2 Å². The van der Waals surface area contributed by atoms with E-state index < -0.39 is 17.3 Å². The van der Waals surface area contributed by atoms with Gasteiger partial charge in [-0.3, -0.25) is 0 Å². The Bertz CT molecular complexity index is 891. The number of hydrogen-bond donors (Lipinski definition) is 0. The second-order valence-electron chi connectivity index (χ2n) is 4.50. The van der Waals surface area contributed by atoms with Crippen molar-refractivity contribution in [2.75, 3.05) is 0 Å². The van der Waals surface area contributed by atoms with E-state index >= 15 is 0 Å². The van der Waals surface area contributed by atoms with Gasteiger partial charge < -0.3 is 0 Å². The van der Waals surface area contributed by atoms with Gasteiger partial charge in [0.05, 0.1) is 17.3 Å². The van der Waals surface area contributed by atoms with Crippen LogP contribution in [0.15, 0.2) is 47.3 Å². The largest absolute Gasteiger partial charge is 0.368 e. The van der Waals surface area contributed by atoms with Gasteiger partial charge >= 0.3 is 5.69 Å². The maximum Gasteiger partial charge on any atom is 0.368 e. The molecule has 2 aromatic carbocycles. The van der Waals surface area contributed by atoms with Crippen LogP contribution in [0.25, 0.3) is 5.69 Å². The zero-order chi connectivity index (χ0) is 15.7. The van der Waals surface area contributed by atoms with Crippen LogP contribution < -0.4 is 5.69 Å². The third-order valence-corrected chi connectivity index (χ3v) is 3.39. The zero-order valence-electron chi connectivity index (χ0n) is 11.1. The van der Waals surface area contributed by atoms with Crippen LogP contribution in [0.5, 0.6) is 0 Å². The molecule has 22 heavy (non-hydrogen) atoms. The SMILES string of the molecule is O=c1n(Cc2cccc(F)c2F)nnn1-c1ccccc1Cl. The fraction of sp³-hybridized carbons (Fsp3) is 0.0714. The first-order valence-corrected chi connectivity index (χ1v) is 6.66. The summed E-state index contributed by atoms with van der Waals surface area (Å²) in [6.45, 7) is -0.229. The maximum atomic E-state index is 13.6. The van der Waals surface area contributed by atoms with Crippen LogP contribution in [0.2, 0.25) is 5.02 Å². The third kappa shape index (κ3) is 2.50. The summed E-state index contributed by atoms with van der Waals surface area (Å²) in [5.41, 5.74) is -0.231. The average molecular weight is 323 g/mol. The summed E-state index contributed by atoms with van der Waals surface area (Å²) in [7, 11) is 0. The van der Waals surface area contributed by atoms with Crippen molar-refractivity contribution in [3.8, 4) is 5.69 Å². The highest BCUT2D eigenvalue weighted by Gasteiger charge is 2.14. The predicted octanol–water partition coefficient (Wildman–Crippen LogP) is 2.41. The highest BCUT2D eigenvalue weighted by Crippen LogP contribution is 2.17. The van der Waals surface area contributed by atoms with E-state index in [9.17, 15) is 13.6 Å². The van der Waals surface area contributed by atoms with Crippen LogP contribution in [0, 0.1) is 11.6 Å². The molecule has 3 rings (SSSR count). The summed E-state index contributed by atoms with van der Waals surface area (Å²) in [5, 5.41) is 7.71. The van der Waals surface area contributed by atoms with Crippen LogP contribution in [0.1, 0.15) is 5.56 Å². The van der Waals surface area contributed by atoms with Crippen molar-refractivity contribution >= 4 is 11.6 Å². The van der Waals surface area contributed by atoms with Gasteiger partial charge in [-0.1, -0.05) is 35.9 Å². The van der Waals surface area contributed by atoms with E-state index in [1.54, 1.807) is 24.3 Å². The summed E-state index contributed by atoms with van der Waals surface area (Å²) in [5.74, 6) is -1.99. The normalized spacial score (nSPS) is 10.9. The first-order chi connectivity index (χ1) is 10.6. The van der Waals surface area contributed by atoms with Gasteiger partial charge in [0.25, 0.3) is 0 Å². The van der Waals surface area contributed by atoms with E-state index in [4.69, 9.17) is 11.6 Å². The molecule has 0 saturated heterocycles. The summed E-state index contributed by atoms with van der Waals surface area (Å²) in [4.78, 5) is 12.2. The fourth-order valence-corrected chi connectivity index (χ4v) is 2.20. The molecule has 5 nitrogen and oxygen atoms in total. The molecule has 0 amide bonds. The van der Waals surface area contributed by atoms with Crippen LogP contribution in [-0.4, -0.2) is 19.8 Å². The summed E-state index contributed by atoms with van der Waals surface area (Å²) in [6, 6.07) is 10.3. The number of hydrogen-bond acceptors (Lipinski definition) is 3. The van der Waals surface area contributed by atoms with Gasteiger partial charge in [0.15, 0.2) is 11.6 Å². The van der Waals surface area contributed by atoms with Gasteiger partial charge in [0.1, 0.15) is 0 Å². The molecular formula is C14H9ClF2N4O. The summed E-state index contributed by atoms with van der Waals surface area (Å²) in [6.07, 6.45) is 0. The quantitative estimate of drug-likeness (QED) is 0.744. The Balaban J connectivity index is 2.00. The van der Waals surface area contributed by atoms with Crippen molar-refractivity contribution in [3.63, 3.8) is 0 Å². The van der Waals surface area contributed by atoms with Gasteiger partial charge in [-0.25, -0.2) is 13.6 Å². The van der Waals surface area contributed by atoms with Crippen molar-refractivity contribution in [1.29, 1.82) is 0 Å². The molecule has 0 fully saturated rings. The van der Waals surface area contributed by atoms with E-state index in [-0.39, 0.29) is 12.1 Å². The maximum absolute atomic E-state index is 13.6. The topological polar surface area (TPSA) is 52.7 Å². The van der Waals surface area contributed by atoms with Crippen molar-refractivity contribution in [2.24, 2.45) is 0 Å². The molecule has 1 heterocycles. The summed E-state index contributed by atoms with van der Waals surface area (Å²) < 4.78 is 28.8. The minimum atomic E-state index is -1.01. The lowest BCUT2D eigenvalue weighted by atomic mass is 10.2. The molecule has 0 bridgehead atoms. The van der Waals surface area contributed by atoms with Gasteiger partial charge in [0, 0.05) is 5.56 Å². The number of rotatable bonds is 3. The minimum absolute atomic E-state index is 0.00769. The van der Waals surface area contributed by atoms with Crippen molar-refractivity contribution in [2.45, 2.75) is 6.54 Å². The van der Waals surface area contributed by atoms with E-state index in [1.807, 2.05) is 0 Å². The molecule has 0 unspecified atom stereocenters. The highest BCUT2D eigenvalue weighted by atomic mass is 35.5. The lowest BCUT2D eigenvalue weighted by Gasteiger charge is -2.02. The molecule has 0 aliphatic carbocycles. The van der Waals surface area contributed by atoms with E-state index in [1.165, 1.54) is 12.1 Å². The lowest BCUT2D eigenvalue weighted by Crippen LogP contribution is -2.25. The predicted molar refractivity (Wildman–Crippen MR) is 76.1 cm³/mol. The fourth-order valence-electron chi connectivity index (χ4n) is 1.98.